The topological polar surface area (TPSA) is 78.4 Å². The van der Waals surface area contributed by atoms with Gasteiger partial charge in [0.15, 0.2) is 0 Å². The number of amides is 2. The molecule has 0 fully saturated rings. The van der Waals surface area contributed by atoms with Crippen molar-refractivity contribution < 1.29 is 14.7 Å². The summed E-state index contributed by atoms with van der Waals surface area (Å²) in [4.78, 5) is 22.1. The average Bonchev–Trinajstić information content (AvgIpc) is 2.31. The summed E-state index contributed by atoms with van der Waals surface area (Å²) < 4.78 is 0. The first-order valence-corrected chi connectivity index (χ1v) is 6.11. The van der Waals surface area contributed by atoms with E-state index in [-0.39, 0.29) is 30.3 Å². The molecule has 0 atom stereocenters. The minimum atomic E-state index is -0.219. The summed E-state index contributed by atoms with van der Waals surface area (Å²) in [5, 5.41) is 14.7. The summed E-state index contributed by atoms with van der Waals surface area (Å²) in [5.74, 6) is -0.233. The molecule has 17 heavy (non-hydrogen) atoms. The Labute approximate surface area is 103 Å². The van der Waals surface area contributed by atoms with Crippen molar-refractivity contribution in [1.82, 2.24) is 10.6 Å². The predicted octanol–water partition coefficient (Wildman–Crippen LogP) is 0.427. The maximum atomic E-state index is 11.5. The van der Waals surface area contributed by atoms with Gasteiger partial charge in [-0.3, -0.25) is 9.59 Å². The second-order valence-corrected chi connectivity index (χ2v) is 4.37. The number of aliphatic hydroxyl groups excluding tert-OH is 1. The molecule has 5 nitrogen and oxygen atoms in total. The van der Waals surface area contributed by atoms with Gasteiger partial charge in [-0.1, -0.05) is 13.8 Å². The van der Waals surface area contributed by atoms with Gasteiger partial charge in [0.1, 0.15) is 0 Å². The summed E-state index contributed by atoms with van der Waals surface area (Å²) in [6.45, 7) is 6.34. The van der Waals surface area contributed by atoms with Gasteiger partial charge >= 0.3 is 0 Å². The van der Waals surface area contributed by atoms with Crippen LogP contribution in [0.2, 0.25) is 0 Å². The molecule has 5 heteroatoms. The standard InChI is InChI=1S/C12H24N2O3/c1-4-12(5-2,9-15)8-14-11(17)6-7-13-10(3)16/h15H,4-9H2,1-3H3,(H,13,16)(H,14,17). The molecule has 0 aromatic carbocycles. The number of carbonyl (C=O) groups excluding carboxylic acids is 2. The largest absolute Gasteiger partial charge is 0.396 e. The molecule has 0 bridgehead atoms. The van der Waals surface area contributed by atoms with Crippen LogP contribution in [0.25, 0.3) is 0 Å². The van der Waals surface area contributed by atoms with Crippen molar-refractivity contribution in [1.29, 1.82) is 0 Å². The number of carbonyl (C=O) groups is 2. The fraction of sp³-hybridized carbons (Fsp3) is 0.833. The summed E-state index contributed by atoms with van der Waals surface area (Å²) in [7, 11) is 0. The monoisotopic (exact) mass is 244 g/mol. The van der Waals surface area contributed by atoms with Crippen LogP contribution in [0.15, 0.2) is 0 Å². The molecule has 0 aromatic rings. The van der Waals surface area contributed by atoms with Gasteiger partial charge in [-0.25, -0.2) is 0 Å². The van der Waals surface area contributed by atoms with Crippen LogP contribution in [0, 0.1) is 5.41 Å². The van der Waals surface area contributed by atoms with E-state index in [2.05, 4.69) is 10.6 Å². The molecule has 0 heterocycles. The van der Waals surface area contributed by atoms with Crippen molar-refractivity contribution in [3.8, 4) is 0 Å². The van der Waals surface area contributed by atoms with E-state index >= 15 is 0 Å². The minimum Gasteiger partial charge on any atom is -0.396 e. The van der Waals surface area contributed by atoms with Crippen LogP contribution in [-0.2, 0) is 9.59 Å². The number of hydrogen-bond donors (Lipinski definition) is 3. The molecule has 0 aliphatic heterocycles. The normalized spacial score (nSPS) is 11.1. The van der Waals surface area contributed by atoms with Crippen molar-refractivity contribution in [3.05, 3.63) is 0 Å². The Morgan fingerprint density at radius 3 is 2.18 bits per heavy atom. The zero-order valence-electron chi connectivity index (χ0n) is 11.0. The van der Waals surface area contributed by atoms with Gasteiger partial charge in [0.05, 0.1) is 6.61 Å². The number of rotatable bonds is 8. The lowest BCUT2D eigenvalue weighted by Crippen LogP contribution is -2.40. The van der Waals surface area contributed by atoms with E-state index in [1.54, 1.807) is 0 Å². The quantitative estimate of drug-likeness (QED) is 0.579. The molecule has 0 rings (SSSR count). The third-order valence-corrected chi connectivity index (χ3v) is 3.22. The number of nitrogens with one attached hydrogen (secondary N) is 2. The Kier molecular flexibility index (Phi) is 7.54. The second kappa shape index (κ2) is 8.06. The Morgan fingerprint density at radius 2 is 1.76 bits per heavy atom. The smallest absolute Gasteiger partial charge is 0.221 e. The Bertz CT molecular complexity index is 242. The molecule has 100 valence electrons. The molecular weight excluding hydrogens is 220 g/mol. The zero-order chi connectivity index (χ0) is 13.3. The SMILES string of the molecule is CCC(CC)(CO)CNC(=O)CCNC(C)=O. The minimum absolute atomic E-state index is 0.0754. The Morgan fingerprint density at radius 1 is 1.18 bits per heavy atom. The highest BCUT2D eigenvalue weighted by molar-refractivity contribution is 5.77. The highest BCUT2D eigenvalue weighted by Crippen LogP contribution is 2.24. The average molecular weight is 244 g/mol. The molecular formula is C12H24N2O3. The summed E-state index contributed by atoms with van der Waals surface area (Å²) >= 11 is 0. The van der Waals surface area contributed by atoms with Gasteiger partial charge in [0.2, 0.25) is 11.8 Å². The highest BCUT2D eigenvalue weighted by atomic mass is 16.3. The van der Waals surface area contributed by atoms with E-state index in [1.165, 1.54) is 6.92 Å². The third-order valence-electron chi connectivity index (χ3n) is 3.22. The summed E-state index contributed by atoms with van der Waals surface area (Å²) in [6.07, 6.45) is 1.92. The van der Waals surface area contributed by atoms with Gasteiger partial charge in [-0.05, 0) is 12.8 Å². The molecule has 0 radical (unpaired) electrons. The van der Waals surface area contributed by atoms with E-state index in [4.69, 9.17) is 0 Å². The molecule has 0 saturated heterocycles. The summed E-state index contributed by atoms with van der Waals surface area (Å²) in [5.41, 5.74) is -0.219. The first-order chi connectivity index (χ1) is 7.99. The first kappa shape index (κ1) is 15.9. The molecule has 3 N–H and O–H groups in total. The number of hydrogen-bond acceptors (Lipinski definition) is 3. The van der Waals surface area contributed by atoms with Crippen LogP contribution < -0.4 is 10.6 Å². The third kappa shape index (κ3) is 6.26. The molecule has 0 aromatic heterocycles. The van der Waals surface area contributed by atoms with Gasteiger partial charge in [0, 0.05) is 31.8 Å². The van der Waals surface area contributed by atoms with Gasteiger partial charge in [0.25, 0.3) is 0 Å². The zero-order valence-corrected chi connectivity index (χ0v) is 11.0. The van der Waals surface area contributed by atoms with E-state index in [0.29, 0.717) is 13.1 Å². The van der Waals surface area contributed by atoms with Crippen molar-refractivity contribution in [3.63, 3.8) is 0 Å². The van der Waals surface area contributed by atoms with Crippen LogP contribution in [-0.4, -0.2) is 36.6 Å². The number of aliphatic hydroxyl groups is 1. The lowest BCUT2D eigenvalue weighted by Gasteiger charge is -2.29. The van der Waals surface area contributed by atoms with Crippen molar-refractivity contribution in [2.24, 2.45) is 5.41 Å². The molecule has 0 spiro atoms. The molecule has 0 aliphatic carbocycles. The van der Waals surface area contributed by atoms with Crippen LogP contribution >= 0.6 is 0 Å². The van der Waals surface area contributed by atoms with Crippen LogP contribution in [0.4, 0.5) is 0 Å². The van der Waals surface area contributed by atoms with Gasteiger partial charge < -0.3 is 15.7 Å². The second-order valence-electron chi connectivity index (χ2n) is 4.37. The van der Waals surface area contributed by atoms with E-state index in [0.717, 1.165) is 12.8 Å². The molecule has 0 unspecified atom stereocenters. The van der Waals surface area contributed by atoms with Crippen molar-refractivity contribution >= 4 is 11.8 Å². The van der Waals surface area contributed by atoms with Crippen LogP contribution in [0.3, 0.4) is 0 Å². The fourth-order valence-corrected chi connectivity index (χ4v) is 1.51. The van der Waals surface area contributed by atoms with Crippen molar-refractivity contribution in [2.75, 3.05) is 19.7 Å². The van der Waals surface area contributed by atoms with Gasteiger partial charge in [-0.2, -0.15) is 0 Å². The lowest BCUT2D eigenvalue weighted by atomic mass is 9.83. The van der Waals surface area contributed by atoms with Crippen LogP contribution in [0.5, 0.6) is 0 Å². The highest BCUT2D eigenvalue weighted by Gasteiger charge is 2.25. The molecule has 2 amide bonds. The van der Waals surface area contributed by atoms with E-state index in [9.17, 15) is 14.7 Å². The maximum Gasteiger partial charge on any atom is 0.221 e. The fourth-order valence-electron chi connectivity index (χ4n) is 1.51. The van der Waals surface area contributed by atoms with Crippen LogP contribution in [0.1, 0.15) is 40.0 Å². The first-order valence-electron chi connectivity index (χ1n) is 6.11. The van der Waals surface area contributed by atoms with E-state index in [1.807, 2.05) is 13.8 Å². The van der Waals surface area contributed by atoms with E-state index < -0.39 is 0 Å². The van der Waals surface area contributed by atoms with Gasteiger partial charge in [-0.15, -0.1) is 0 Å². The predicted molar refractivity (Wildman–Crippen MR) is 66.4 cm³/mol. The Hall–Kier alpha value is -1.10. The molecule has 0 aliphatic rings. The van der Waals surface area contributed by atoms with Crippen molar-refractivity contribution in [2.45, 2.75) is 40.0 Å². The summed E-state index contributed by atoms with van der Waals surface area (Å²) in [6, 6.07) is 0. The molecule has 0 saturated carbocycles. The maximum absolute atomic E-state index is 11.5. The Balaban J connectivity index is 3.92. The lowest BCUT2D eigenvalue weighted by molar-refractivity contribution is -0.122.